The average Bonchev–Trinajstić information content (AvgIpc) is 3.25. The molecular formula is C18H14IOS+. The molecule has 104 valence electrons. The van der Waals surface area contributed by atoms with Gasteiger partial charge in [-0.25, -0.2) is 0 Å². The number of rotatable bonds is 4. The van der Waals surface area contributed by atoms with Gasteiger partial charge in [0.1, 0.15) is 0 Å². The van der Waals surface area contributed by atoms with Crippen molar-refractivity contribution in [3.05, 3.63) is 77.6 Å². The summed E-state index contributed by atoms with van der Waals surface area (Å²) in [4.78, 5) is 13.7. The van der Waals surface area contributed by atoms with Crippen LogP contribution in [0.15, 0.2) is 69.1 Å². The Morgan fingerprint density at radius 3 is 2.62 bits per heavy atom. The van der Waals surface area contributed by atoms with E-state index < -0.39 is 0 Å². The summed E-state index contributed by atoms with van der Waals surface area (Å²) in [6.07, 6.45) is 5.67. The first-order valence-corrected chi connectivity index (χ1v) is 10.1. The number of thiophene rings is 1. The Morgan fingerprint density at radius 1 is 1.05 bits per heavy atom. The van der Waals surface area contributed by atoms with Crippen LogP contribution in [0.3, 0.4) is 0 Å². The molecule has 2 aliphatic carbocycles. The van der Waals surface area contributed by atoms with Gasteiger partial charge in [0.2, 0.25) is 5.78 Å². The zero-order valence-electron chi connectivity index (χ0n) is 11.3. The van der Waals surface area contributed by atoms with Crippen LogP contribution in [0.5, 0.6) is 0 Å². The highest BCUT2D eigenvalue weighted by Gasteiger charge is 2.46. The van der Waals surface area contributed by atoms with Crippen molar-refractivity contribution in [1.82, 2.24) is 0 Å². The number of ketones is 1. The van der Waals surface area contributed by atoms with Crippen LogP contribution in [0, 0.1) is 15.4 Å². The lowest BCUT2D eigenvalue weighted by Gasteiger charge is -2.07. The van der Waals surface area contributed by atoms with Gasteiger partial charge in [-0.05, 0) is 30.0 Å². The largest absolute Gasteiger partial charge is 0.354 e. The minimum absolute atomic E-state index is 0.232. The second-order valence-corrected chi connectivity index (χ2v) is 9.19. The van der Waals surface area contributed by atoms with E-state index in [0.29, 0.717) is 11.8 Å². The number of Topliss-reactive ketones (excluding diaryl/α,β-unsaturated/α-hetero) is 1. The smallest absolute Gasteiger partial charge is 0.288 e. The number of carbonyl (C=O) groups is 1. The summed E-state index contributed by atoms with van der Waals surface area (Å²) in [6, 6.07) is 14.6. The minimum Gasteiger partial charge on any atom is -0.288 e. The van der Waals surface area contributed by atoms with Crippen LogP contribution in [-0.4, -0.2) is 5.78 Å². The third-order valence-corrected chi connectivity index (χ3v) is 8.14. The van der Waals surface area contributed by atoms with Crippen molar-refractivity contribution in [1.29, 1.82) is 0 Å². The van der Waals surface area contributed by atoms with Crippen molar-refractivity contribution in [2.24, 2.45) is 11.8 Å². The fourth-order valence-electron chi connectivity index (χ4n) is 3.01. The number of hydrogen-bond acceptors (Lipinski definition) is 2. The zero-order valence-corrected chi connectivity index (χ0v) is 14.3. The summed E-state index contributed by atoms with van der Waals surface area (Å²) in [7, 11) is 0. The molecule has 1 nitrogen and oxygen atoms in total. The highest BCUT2D eigenvalue weighted by atomic mass is 127. The lowest BCUT2D eigenvalue weighted by atomic mass is 9.98. The molecule has 4 rings (SSSR count). The number of benzene rings is 1. The van der Waals surface area contributed by atoms with E-state index in [1.54, 1.807) is 11.3 Å². The Bertz CT molecular complexity index is 728. The average molecular weight is 405 g/mol. The fraction of sp³-hybridized carbons (Fsp3) is 0.167. The molecule has 3 heteroatoms. The third-order valence-electron chi connectivity index (χ3n) is 3.97. The number of halogens is 1. The van der Waals surface area contributed by atoms with E-state index in [-0.39, 0.29) is 27.0 Å². The van der Waals surface area contributed by atoms with Crippen LogP contribution in [-0.2, 0) is 0 Å². The molecule has 0 spiro atoms. The highest BCUT2D eigenvalue weighted by molar-refractivity contribution is 7.12. The summed E-state index contributed by atoms with van der Waals surface area (Å²) in [5, 5.41) is 1.99. The van der Waals surface area contributed by atoms with E-state index in [2.05, 4.69) is 42.5 Å². The van der Waals surface area contributed by atoms with Crippen LogP contribution in [0.1, 0.15) is 16.1 Å². The molecule has 0 N–H and O–H groups in total. The van der Waals surface area contributed by atoms with Gasteiger partial charge in [0.25, 0.3) is 0 Å². The van der Waals surface area contributed by atoms with Gasteiger partial charge >= 0.3 is 21.2 Å². The van der Waals surface area contributed by atoms with Crippen molar-refractivity contribution in [2.45, 2.75) is 6.42 Å². The van der Waals surface area contributed by atoms with E-state index in [0.717, 1.165) is 16.9 Å². The van der Waals surface area contributed by atoms with E-state index in [4.69, 9.17) is 0 Å². The Hall–Kier alpha value is -1.20. The van der Waals surface area contributed by atoms with Gasteiger partial charge < -0.3 is 0 Å². The fourth-order valence-corrected chi connectivity index (χ4v) is 6.93. The zero-order chi connectivity index (χ0) is 14.2. The summed E-state index contributed by atoms with van der Waals surface area (Å²) >= 11 is 1.33. The second kappa shape index (κ2) is 5.54. The second-order valence-electron chi connectivity index (χ2n) is 5.29. The summed E-state index contributed by atoms with van der Waals surface area (Å²) in [5.41, 5.74) is 1.11. The highest BCUT2D eigenvalue weighted by Crippen LogP contribution is 2.42. The van der Waals surface area contributed by atoms with Gasteiger partial charge in [-0.15, -0.1) is 11.3 Å². The summed E-state index contributed by atoms with van der Waals surface area (Å²) in [5.74, 6) is 1.15. The van der Waals surface area contributed by atoms with E-state index >= 15 is 0 Å². The topological polar surface area (TPSA) is 17.1 Å². The van der Waals surface area contributed by atoms with E-state index in [1.165, 1.54) is 7.15 Å². The Kier molecular flexibility index (Phi) is 3.55. The van der Waals surface area contributed by atoms with Gasteiger partial charge in [-0.3, -0.25) is 4.79 Å². The maximum Gasteiger partial charge on any atom is 0.354 e. The van der Waals surface area contributed by atoms with Crippen molar-refractivity contribution >= 4 is 17.1 Å². The maximum absolute atomic E-state index is 12.8. The SMILES string of the molecule is O=C(C1=C([I+]c2ccccc2)[C@H]2C=C[C@@H]1C2)c1cccs1. The Morgan fingerprint density at radius 2 is 1.86 bits per heavy atom. The molecule has 1 aromatic heterocycles. The third kappa shape index (κ3) is 2.42. The monoisotopic (exact) mass is 405 g/mol. The molecule has 0 amide bonds. The molecule has 0 saturated heterocycles. The normalized spacial score (nSPS) is 23.0. The van der Waals surface area contributed by atoms with Crippen molar-refractivity contribution in [3.63, 3.8) is 0 Å². The van der Waals surface area contributed by atoms with Crippen molar-refractivity contribution in [2.75, 3.05) is 0 Å². The molecule has 1 heterocycles. The maximum atomic E-state index is 12.8. The molecule has 0 saturated carbocycles. The Labute approximate surface area is 138 Å². The standard InChI is InChI=1S/C18H14IOS/c20-18(15-7-4-10-21-15)16-12-8-9-13(11-12)17(16)19-14-5-2-1-3-6-14/h1-10,12-13H,11H2/q+1/t12-,13+/m1/s1. The van der Waals surface area contributed by atoms with Crippen LogP contribution >= 0.6 is 11.3 Å². The van der Waals surface area contributed by atoms with Gasteiger partial charge in [0.15, 0.2) is 7.15 Å². The first kappa shape index (κ1) is 13.5. The Balaban J connectivity index is 1.72. The molecular weight excluding hydrogens is 391 g/mol. The first-order chi connectivity index (χ1) is 10.3. The molecule has 0 aliphatic heterocycles. The van der Waals surface area contributed by atoms with E-state index in [9.17, 15) is 4.79 Å². The molecule has 21 heavy (non-hydrogen) atoms. The number of allylic oxidation sites excluding steroid dienone is 4. The number of fused-ring (bicyclic) bond motifs is 2. The number of carbonyl (C=O) groups excluding carboxylic acids is 1. The van der Waals surface area contributed by atoms with Crippen LogP contribution in [0.25, 0.3) is 0 Å². The molecule has 2 aromatic rings. The predicted octanol–water partition coefficient (Wildman–Crippen LogP) is 1.35. The van der Waals surface area contributed by atoms with Gasteiger partial charge in [-0.1, -0.05) is 36.4 Å². The molecule has 2 atom stereocenters. The quantitative estimate of drug-likeness (QED) is 0.427. The lowest BCUT2D eigenvalue weighted by Crippen LogP contribution is -3.61. The summed E-state index contributed by atoms with van der Waals surface area (Å²) < 4.78 is 2.86. The van der Waals surface area contributed by atoms with Crippen LogP contribution < -0.4 is 21.2 Å². The lowest BCUT2D eigenvalue weighted by molar-refractivity contribution is -0.581. The van der Waals surface area contributed by atoms with E-state index in [1.807, 2.05) is 17.5 Å². The van der Waals surface area contributed by atoms with Crippen molar-refractivity contribution in [3.8, 4) is 0 Å². The van der Waals surface area contributed by atoms with Crippen LogP contribution in [0.4, 0.5) is 0 Å². The van der Waals surface area contributed by atoms with Gasteiger partial charge in [0, 0.05) is 11.8 Å². The first-order valence-electron chi connectivity index (χ1n) is 7.03. The molecule has 0 unspecified atom stereocenters. The van der Waals surface area contributed by atoms with Gasteiger partial charge in [0.05, 0.1) is 10.5 Å². The van der Waals surface area contributed by atoms with Crippen LogP contribution in [0.2, 0.25) is 0 Å². The molecule has 1 aromatic carbocycles. The number of hydrogen-bond donors (Lipinski definition) is 0. The molecule has 2 bridgehead atoms. The molecule has 0 radical (unpaired) electrons. The van der Waals surface area contributed by atoms with Gasteiger partial charge in [-0.2, -0.15) is 0 Å². The predicted molar refractivity (Wildman–Crippen MR) is 81.6 cm³/mol. The summed E-state index contributed by atoms with van der Waals surface area (Å²) in [6.45, 7) is 0. The molecule has 0 fully saturated rings. The van der Waals surface area contributed by atoms with Crippen molar-refractivity contribution < 1.29 is 26.0 Å². The minimum atomic E-state index is -0.232. The molecule has 2 aliphatic rings.